The SMILES string of the molecule is [C-]#[N+]CC(OC(C)=O)c1ccc(C)cc1. The Morgan fingerprint density at radius 2 is 2.07 bits per heavy atom. The summed E-state index contributed by atoms with van der Waals surface area (Å²) in [5.41, 5.74) is 2.01. The molecule has 3 heteroatoms. The fraction of sp³-hybridized carbons (Fsp3) is 0.333. The average Bonchev–Trinajstić information content (AvgIpc) is 2.17. The van der Waals surface area contributed by atoms with Gasteiger partial charge in [-0.2, -0.15) is 0 Å². The molecule has 3 nitrogen and oxygen atoms in total. The van der Waals surface area contributed by atoms with Crippen molar-refractivity contribution in [3.8, 4) is 0 Å². The number of ether oxygens (including phenoxy) is 1. The lowest BCUT2D eigenvalue weighted by atomic mass is 10.1. The molecule has 0 aliphatic rings. The highest BCUT2D eigenvalue weighted by Gasteiger charge is 2.17. The maximum absolute atomic E-state index is 10.8. The van der Waals surface area contributed by atoms with Crippen molar-refractivity contribution in [1.82, 2.24) is 0 Å². The number of esters is 1. The summed E-state index contributed by atoms with van der Waals surface area (Å²) in [4.78, 5) is 14.1. The molecular weight excluding hydrogens is 190 g/mol. The summed E-state index contributed by atoms with van der Waals surface area (Å²) in [6, 6.07) is 7.65. The second-order valence-electron chi connectivity index (χ2n) is 3.35. The Balaban J connectivity index is 2.84. The van der Waals surface area contributed by atoms with Gasteiger partial charge in [-0.1, -0.05) is 29.8 Å². The molecule has 15 heavy (non-hydrogen) atoms. The van der Waals surface area contributed by atoms with E-state index in [1.807, 2.05) is 31.2 Å². The summed E-state index contributed by atoms with van der Waals surface area (Å²) < 4.78 is 5.06. The zero-order chi connectivity index (χ0) is 11.3. The number of rotatable bonds is 3. The molecule has 1 aromatic carbocycles. The van der Waals surface area contributed by atoms with E-state index in [0.29, 0.717) is 0 Å². The predicted molar refractivity (Wildman–Crippen MR) is 57.2 cm³/mol. The fourth-order valence-electron chi connectivity index (χ4n) is 1.28. The Hall–Kier alpha value is -1.82. The molecule has 0 saturated carbocycles. The number of carbonyl (C=O) groups is 1. The van der Waals surface area contributed by atoms with Crippen LogP contribution in [0.5, 0.6) is 0 Å². The lowest BCUT2D eigenvalue weighted by Crippen LogP contribution is -2.10. The van der Waals surface area contributed by atoms with Gasteiger partial charge in [0.1, 0.15) is 0 Å². The first-order valence-electron chi connectivity index (χ1n) is 4.70. The van der Waals surface area contributed by atoms with Gasteiger partial charge in [-0.05, 0) is 6.92 Å². The first-order valence-corrected chi connectivity index (χ1v) is 4.70. The second kappa shape index (κ2) is 5.16. The maximum Gasteiger partial charge on any atom is 0.303 e. The van der Waals surface area contributed by atoms with Crippen LogP contribution in [0.3, 0.4) is 0 Å². The Kier molecular flexibility index (Phi) is 3.87. The van der Waals surface area contributed by atoms with Crippen molar-refractivity contribution in [2.45, 2.75) is 20.0 Å². The van der Waals surface area contributed by atoms with E-state index in [1.165, 1.54) is 6.92 Å². The van der Waals surface area contributed by atoms with Crippen molar-refractivity contribution in [2.24, 2.45) is 0 Å². The van der Waals surface area contributed by atoms with Crippen LogP contribution in [0.25, 0.3) is 4.85 Å². The largest absolute Gasteiger partial charge is 0.450 e. The van der Waals surface area contributed by atoms with E-state index in [9.17, 15) is 4.79 Å². The van der Waals surface area contributed by atoms with E-state index in [2.05, 4.69) is 4.85 Å². The van der Waals surface area contributed by atoms with Crippen LogP contribution in [0.2, 0.25) is 0 Å². The molecule has 0 radical (unpaired) electrons. The number of carbonyl (C=O) groups excluding carboxylic acids is 1. The first-order chi connectivity index (χ1) is 7.13. The Morgan fingerprint density at radius 1 is 1.47 bits per heavy atom. The third kappa shape index (κ3) is 3.43. The van der Waals surface area contributed by atoms with Gasteiger partial charge in [0.15, 0.2) is 6.10 Å². The first kappa shape index (κ1) is 11.3. The third-order valence-electron chi connectivity index (χ3n) is 2.01. The van der Waals surface area contributed by atoms with Crippen molar-refractivity contribution in [3.63, 3.8) is 0 Å². The van der Waals surface area contributed by atoms with Crippen LogP contribution < -0.4 is 0 Å². The van der Waals surface area contributed by atoms with E-state index in [4.69, 9.17) is 11.3 Å². The molecule has 0 amide bonds. The maximum atomic E-state index is 10.8. The highest BCUT2D eigenvalue weighted by Crippen LogP contribution is 2.18. The number of benzene rings is 1. The molecule has 1 rings (SSSR count). The van der Waals surface area contributed by atoms with Crippen molar-refractivity contribution in [2.75, 3.05) is 6.54 Å². The topological polar surface area (TPSA) is 30.7 Å². The minimum Gasteiger partial charge on any atom is -0.450 e. The van der Waals surface area contributed by atoms with Crippen LogP contribution in [0.15, 0.2) is 24.3 Å². The van der Waals surface area contributed by atoms with Gasteiger partial charge < -0.3 is 9.58 Å². The summed E-state index contributed by atoms with van der Waals surface area (Å²) in [5, 5.41) is 0. The van der Waals surface area contributed by atoms with E-state index >= 15 is 0 Å². The fourth-order valence-corrected chi connectivity index (χ4v) is 1.28. The zero-order valence-corrected chi connectivity index (χ0v) is 8.86. The van der Waals surface area contributed by atoms with Crippen LogP contribution in [0, 0.1) is 13.5 Å². The summed E-state index contributed by atoms with van der Waals surface area (Å²) >= 11 is 0. The second-order valence-corrected chi connectivity index (χ2v) is 3.35. The van der Waals surface area contributed by atoms with Gasteiger partial charge in [0.25, 0.3) is 6.54 Å². The highest BCUT2D eigenvalue weighted by molar-refractivity contribution is 5.66. The van der Waals surface area contributed by atoms with E-state index in [0.717, 1.165) is 11.1 Å². The Morgan fingerprint density at radius 3 is 2.53 bits per heavy atom. The van der Waals surface area contributed by atoms with E-state index in [1.54, 1.807) is 0 Å². The number of hydrogen-bond acceptors (Lipinski definition) is 2. The highest BCUT2D eigenvalue weighted by atomic mass is 16.5. The van der Waals surface area contributed by atoms with Gasteiger partial charge in [-0.3, -0.25) is 4.79 Å². The Bertz CT molecular complexity index is 376. The molecule has 0 aliphatic heterocycles. The molecule has 1 unspecified atom stereocenters. The van der Waals surface area contributed by atoms with Crippen LogP contribution >= 0.6 is 0 Å². The number of hydrogen-bond donors (Lipinski definition) is 0. The summed E-state index contributed by atoms with van der Waals surface area (Å²) in [7, 11) is 0. The molecule has 1 atom stereocenters. The van der Waals surface area contributed by atoms with Crippen LogP contribution in [-0.4, -0.2) is 12.5 Å². The molecule has 0 aliphatic carbocycles. The van der Waals surface area contributed by atoms with Crippen molar-refractivity contribution >= 4 is 5.97 Å². The summed E-state index contributed by atoms with van der Waals surface area (Å²) in [6.45, 7) is 10.3. The Labute approximate surface area is 89.5 Å². The molecule has 0 heterocycles. The van der Waals surface area contributed by atoms with Gasteiger partial charge in [-0.15, -0.1) is 0 Å². The number of aryl methyl sites for hydroxylation is 1. The van der Waals surface area contributed by atoms with Crippen LogP contribution in [0.4, 0.5) is 0 Å². The standard InChI is InChI=1S/C12H13NO2/c1-9-4-6-11(7-5-9)12(8-13-3)15-10(2)14/h4-7,12H,8H2,1-2H3. The summed E-state index contributed by atoms with van der Waals surface area (Å²) in [5.74, 6) is -0.357. The molecule has 0 fully saturated rings. The predicted octanol–water partition coefficient (Wildman–Crippen LogP) is 2.52. The monoisotopic (exact) mass is 203 g/mol. The zero-order valence-electron chi connectivity index (χ0n) is 8.86. The molecule has 0 spiro atoms. The molecule has 0 saturated heterocycles. The normalized spacial score (nSPS) is 11.5. The minimum atomic E-state index is -0.444. The molecule has 0 aromatic heterocycles. The number of nitrogens with zero attached hydrogens (tertiary/aromatic N) is 1. The van der Waals surface area contributed by atoms with Crippen molar-refractivity contribution in [1.29, 1.82) is 0 Å². The van der Waals surface area contributed by atoms with Crippen molar-refractivity contribution < 1.29 is 9.53 Å². The van der Waals surface area contributed by atoms with Crippen molar-refractivity contribution in [3.05, 3.63) is 46.8 Å². The van der Waals surface area contributed by atoms with Gasteiger partial charge in [-0.25, -0.2) is 6.57 Å². The minimum absolute atomic E-state index is 0.169. The van der Waals surface area contributed by atoms with Gasteiger partial charge in [0.2, 0.25) is 0 Å². The lowest BCUT2D eigenvalue weighted by molar-refractivity contribution is -0.145. The molecule has 0 bridgehead atoms. The van der Waals surface area contributed by atoms with Crippen LogP contribution in [-0.2, 0) is 9.53 Å². The lowest BCUT2D eigenvalue weighted by Gasteiger charge is -2.11. The molecular formula is C12H13NO2. The van der Waals surface area contributed by atoms with Gasteiger partial charge in [0.05, 0.1) is 0 Å². The molecule has 78 valence electrons. The average molecular weight is 203 g/mol. The molecule has 1 aromatic rings. The van der Waals surface area contributed by atoms with E-state index in [-0.39, 0.29) is 12.5 Å². The van der Waals surface area contributed by atoms with Crippen LogP contribution in [0.1, 0.15) is 24.2 Å². The quantitative estimate of drug-likeness (QED) is 0.558. The van der Waals surface area contributed by atoms with Gasteiger partial charge >= 0.3 is 5.97 Å². The third-order valence-corrected chi connectivity index (χ3v) is 2.01. The van der Waals surface area contributed by atoms with E-state index < -0.39 is 6.10 Å². The summed E-state index contributed by atoms with van der Waals surface area (Å²) in [6.07, 6.45) is -0.444. The van der Waals surface area contributed by atoms with Gasteiger partial charge in [0, 0.05) is 12.5 Å². The molecule has 0 N–H and O–H groups in total. The smallest absolute Gasteiger partial charge is 0.303 e.